The Morgan fingerprint density at radius 3 is 2.70 bits per heavy atom. The van der Waals surface area contributed by atoms with E-state index < -0.39 is 0 Å². The van der Waals surface area contributed by atoms with Crippen molar-refractivity contribution in [3.63, 3.8) is 0 Å². The molecular weight excluding hydrogens is 320 g/mol. The van der Waals surface area contributed by atoms with Crippen molar-refractivity contribution < 1.29 is 19.1 Å². The zero-order chi connectivity index (χ0) is 16.2. The van der Waals surface area contributed by atoms with Gasteiger partial charge in [0.1, 0.15) is 0 Å². The van der Waals surface area contributed by atoms with Gasteiger partial charge < -0.3 is 19.7 Å². The van der Waals surface area contributed by atoms with Crippen LogP contribution >= 0.6 is 11.6 Å². The van der Waals surface area contributed by atoms with E-state index in [4.69, 9.17) is 21.1 Å². The van der Waals surface area contributed by atoms with E-state index in [1.54, 1.807) is 18.2 Å². The minimum atomic E-state index is -0.0273. The average molecular weight is 339 g/mol. The van der Waals surface area contributed by atoms with Crippen molar-refractivity contribution in [2.24, 2.45) is 0 Å². The van der Waals surface area contributed by atoms with Crippen LogP contribution in [0.1, 0.15) is 29.6 Å². The molecule has 6 nitrogen and oxygen atoms in total. The van der Waals surface area contributed by atoms with Crippen LogP contribution in [0.4, 0.5) is 0 Å². The lowest BCUT2D eigenvalue weighted by Crippen LogP contribution is -2.46. The minimum absolute atomic E-state index is 0.0196. The predicted octanol–water partition coefficient (Wildman–Crippen LogP) is 1.77. The normalized spacial score (nSPS) is 17.2. The summed E-state index contributed by atoms with van der Waals surface area (Å²) in [7, 11) is 0. The van der Waals surface area contributed by atoms with Crippen LogP contribution in [0.15, 0.2) is 18.2 Å². The molecule has 0 unspecified atom stereocenters. The number of halogens is 1. The number of alkyl halides is 1. The lowest BCUT2D eigenvalue weighted by Gasteiger charge is -2.32. The molecule has 1 N–H and O–H groups in total. The Hall–Kier alpha value is -1.95. The molecule has 1 fully saturated rings. The summed E-state index contributed by atoms with van der Waals surface area (Å²) in [6.07, 6.45) is 1.84. The molecule has 0 radical (unpaired) electrons. The van der Waals surface area contributed by atoms with Crippen LogP contribution in [0.3, 0.4) is 0 Å². The van der Waals surface area contributed by atoms with Crippen molar-refractivity contribution >= 4 is 23.4 Å². The van der Waals surface area contributed by atoms with Crippen molar-refractivity contribution in [2.75, 3.05) is 25.8 Å². The number of benzene rings is 1. The molecule has 2 heterocycles. The topological polar surface area (TPSA) is 67.9 Å². The molecule has 0 spiro atoms. The highest BCUT2D eigenvalue weighted by atomic mass is 35.5. The number of piperidine rings is 1. The summed E-state index contributed by atoms with van der Waals surface area (Å²) in [5.74, 6) is 1.56. The van der Waals surface area contributed by atoms with Gasteiger partial charge in [-0.15, -0.1) is 11.6 Å². The maximum Gasteiger partial charge on any atom is 0.253 e. The van der Waals surface area contributed by atoms with Gasteiger partial charge in [-0.05, 0) is 31.0 Å². The molecule has 124 valence electrons. The van der Waals surface area contributed by atoms with E-state index in [0.29, 0.717) is 42.5 Å². The number of carbonyl (C=O) groups is 2. The van der Waals surface area contributed by atoms with Gasteiger partial charge in [0.05, 0.1) is 0 Å². The fourth-order valence-electron chi connectivity index (χ4n) is 2.82. The highest BCUT2D eigenvalue weighted by molar-refractivity contribution is 6.18. The maximum absolute atomic E-state index is 12.6. The lowest BCUT2D eigenvalue weighted by atomic mass is 10.0. The second-order valence-electron chi connectivity index (χ2n) is 5.64. The quantitative estimate of drug-likeness (QED) is 0.850. The lowest BCUT2D eigenvalue weighted by molar-refractivity contribution is -0.121. The number of likely N-dealkylation sites (tertiary alicyclic amines) is 1. The van der Waals surface area contributed by atoms with Gasteiger partial charge in [0, 0.05) is 37.0 Å². The first-order chi connectivity index (χ1) is 11.2. The number of nitrogens with zero attached hydrogens (tertiary/aromatic N) is 1. The Kier molecular flexibility index (Phi) is 4.91. The second kappa shape index (κ2) is 7.08. The van der Waals surface area contributed by atoms with Crippen molar-refractivity contribution in [3.05, 3.63) is 23.8 Å². The molecule has 3 rings (SSSR count). The Bertz CT molecular complexity index is 600. The number of hydrogen-bond acceptors (Lipinski definition) is 4. The zero-order valence-corrected chi connectivity index (χ0v) is 13.5. The van der Waals surface area contributed by atoms with Crippen LogP contribution in [0.25, 0.3) is 0 Å². The van der Waals surface area contributed by atoms with Gasteiger partial charge in [-0.3, -0.25) is 9.59 Å². The van der Waals surface area contributed by atoms with Crippen molar-refractivity contribution in [2.45, 2.75) is 25.3 Å². The Morgan fingerprint density at radius 2 is 1.96 bits per heavy atom. The van der Waals surface area contributed by atoms with Crippen molar-refractivity contribution in [1.82, 2.24) is 10.2 Å². The Balaban J connectivity index is 1.55. The second-order valence-corrected chi connectivity index (χ2v) is 6.02. The van der Waals surface area contributed by atoms with Gasteiger partial charge in [-0.2, -0.15) is 0 Å². The van der Waals surface area contributed by atoms with E-state index in [0.717, 1.165) is 12.8 Å². The third-order valence-corrected chi connectivity index (χ3v) is 4.28. The number of carbonyl (C=O) groups excluding carboxylic acids is 2. The van der Waals surface area contributed by atoms with Gasteiger partial charge in [-0.1, -0.05) is 0 Å². The highest BCUT2D eigenvalue weighted by Gasteiger charge is 2.25. The molecule has 0 bridgehead atoms. The van der Waals surface area contributed by atoms with Gasteiger partial charge in [0.15, 0.2) is 11.5 Å². The first kappa shape index (κ1) is 15.9. The Labute approximate surface area is 139 Å². The summed E-state index contributed by atoms with van der Waals surface area (Å²) < 4.78 is 10.6. The van der Waals surface area contributed by atoms with E-state index >= 15 is 0 Å². The van der Waals surface area contributed by atoms with Crippen LogP contribution in [0.5, 0.6) is 11.5 Å². The average Bonchev–Trinajstić information content (AvgIpc) is 3.02. The standard InChI is InChI=1S/C16H19ClN2O4/c17-6-3-15(20)18-12-4-7-19(8-5-12)16(21)11-1-2-13-14(9-11)23-10-22-13/h1-2,9,12H,3-8,10H2,(H,18,20). The number of nitrogens with one attached hydrogen (secondary N) is 1. The molecule has 1 aromatic rings. The summed E-state index contributed by atoms with van der Waals surface area (Å²) in [6.45, 7) is 1.44. The monoisotopic (exact) mass is 338 g/mol. The first-order valence-electron chi connectivity index (χ1n) is 7.71. The van der Waals surface area contributed by atoms with Crippen molar-refractivity contribution in [3.8, 4) is 11.5 Å². The molecule has 0 aromatic heterocycles. The summed E-state index contributed by atoms with van der Waals surface area (Å²) in [5, 5.41) is 2.96. The molecule has 7 heteroatoms. The van der Waals surface area contributed by atoms with E-state index in [-0.39, 0.29) is 24.6 Å². The predicted molar refractivity (Wildman–Crippen MR) is 85.0 cm³/mol. The van der Waals surface area contributed by atoms with Gasteiger partial charge >= 0.3 is 0 Å². The van der Waals surface area contributed by atoms with Gasteiger partial charge in [-0.25, -0.2) is 0 Å². The van der Waals surface area contributed by atoms with E-state index in [1.807, 2.05) is 4.90 Å². The molecule has 23 heavy (non-hydrogen) atoms. The fraction of sp³-hybridized carbons (Fsp3) is 0.500. The molecule has 0 saturated carbocycles. The van der Waals surface area contributed by atoms with Crippen LogP contribution in [-0.2, 0) is 4.79 Å². The van der Waals surface area contributed by atoms with Crippen LogP contribution in [0, 0.1) is 0 Å². The molecule has 0 aliphatic carbocycles. The van der Waals surface area contributed by atoms with Gasteiger partial charge in [0.2, 0.25) is 12.7 Å². The molecule has 2 amide bonds. The number of amides is 2. The smallest absolute Gasteiger partial charge is 0.253 e. The number of rotatable bonds is 4. The maximum atomic E-state index is 12.6. The van der Waals surface area contributed by atoms with Crippen LogP contribution in [-0.4, -0.2) is 48.5 Å². The number of hydrogen-bond donors (Lipinski definition) is 1. The number of fused-ring (bicyclic) bond motifs is 1. The molecule has 2 aliphatic rings. The van der Waals surface area contributed by atoms with E-state index in [1.165, 1.54) is 0 Å². The summed E-state index contributed by atoms with van der Waals surface area (Å²) in [4.78, 5) is 25.9. The summed E-state index contributed by atoms with van der Waals surface area (Å²) in [5.41, 5.74) is 0.596. The summed E-state index contributed by atoms with van der Waals surface area (Å²) >= 11 is 5.55. The van der Waals surface area contributed by atoms with Crippen LogP contribution < -0.4 is 14.8 Å². The summed E-state index contributed by atoms with van der Waals surface area (Å²) in [6, 6.07) is 5.35. The molecule has 1 saturated heterocycles. The molecule has 2 aliphatic heterocycles. The zero-order valence-electron chi connectivity index (χ0n) is 12.7. The van der Waals surface area contributed by atoms with Crippen molar-refractivity contribution in [1.29, 1.82) is 0 Å². The highest BCUT2D eigenvalue weighted by Crippen LogP contribution is 2.33. The Morgan fingerprint density at radius 1 is 1.22 bits per heavy atom. The first-order valence-corrected chi connectivity index (χ1v) is 8.25. The molecular formula is C16H19ClN2O4. The number of ether oxygens (including phenoxy) is 2. The molecule has 1 aromatic carbocycles. The molecule has 0 atom stereocenters. The van der Waals surface area contributed by atoms with Crippen LogP contribution in [0.2, 0.25) is 0 Å². The van der Waals surface area contributed by atoms with E-state index in [2.05, 4.69) is 5.32 Å². The van der Waals surface area contributed by atoms with Gasteiger partial charge in [0.25, 0.3) is 5.91 Å². The minimum Gasteiger partial charge on any atom is -0.454 e. The third kappa shape index (κ3) is 3.69. The van der Waals surface area contributed by atoms with E-state index in [9.17, 15) is 9.59 Å². The fourth-order valence-corrected chi connectivity index (χ4v) is 3.00. The SMILES string of the molecule is O=C(CCCl)NC1CCN(C(=O)c2ccc3c(c2)OCO3)CC1. The third-order valence-electron chi connectivity index (χ3n) is 4.09. The largest absolute Gasteiger partial charge is 0.454 e.